The minimum Gasteiger partial charge on any atom is -0.354 e. The number of amides is 1. The second-order valence-electron chi connectivity index (χ2n) is 10.6. The summed E-state index contributed by atoms with van der Waals surface area (Å²) in [6.45, 7) is 0.857. The summed E-state index contributed by atoms with van der Waals surface area (Å²) >= 11 is 0. The summed E-state index contributed by atoms with van der Waals surface area (Å²) in [6.07, 6.45) is 2.00. The first-order valence-electron chi connectivity index (χ1n) is 13.5. The highest BCUT2D eigenvalue weighted by Crippen LogP contribution is 2.38. The first-order chi connectivity index (χ1) is 20.0. The van der Waals surface area contributed by atoms with Gasteiger partial charge in [0.25, 0.3) is 0 Å². The van der Waals surface area contributed by atoms with Gasteiger partial charge in [0.15, 0.2) is 11.5 Å². The number of anilines is 1. The quantitative estimate of drug-likeness (QED) is 0.441. The molecule has 42 heavy (non-hydrogen) atoms. The van der Waals surface area contributed by atoms with Gasteiger partial charge in [-0.05, 0) is 54.3 Å². The Bertz CT molecular complexity index is 1600. The van der Waals surface area contributed by atoms with Crippen LogP contribution in [0.2, 0.25) is 0 Å². The maximum absolute atomic E-state index is 15.0. The van der Waals surface area contributed by atoms with E-state index in [1.165, 1.54) is 28.6 Å². The Morgan fingerprint density at radius 1 is 0.952 bits per heavy atom. The molecule has 3 heterocycles. The van der Waals surface area contributed by atoms with Crippen LogP contribution in [0, 0.1) is 34.7 Å². The minimum absolute atomic E-state index is 0.0275. The number of hydrogen-bond acceptors (Lipinski definition) is 7. The van der Waals surface area contributed by atoms with Crippen LogP contribution < -0.4 is 4.90 Å². The van der Waals surface area contributed by atoms with Crippen LogP contribution in [0.1, 0.15) is 41.6 Å². The van der Waals surface area contributed by atoms with Crippen molar-refractivity contribution in [3.63, 3.8) is 0 Å². The summed E-state index contributed by atoms with van der Waals surface area (Å²) in [7, 11) is -3.68. The molecule has 1 unspecified atom stereocenters. The highest BCUT2D eigenvalue weighted by Gasteiger charge is 2.43. The van der Waals surface area contributed by atoms with E-state index in [4.69, 9.17) is 5.26 Å². The van der Waals surface area contributed by atoms with Crippen LogP contribution in [0.4, 0.5) is 19.0 Å². The number of hydrogen-bond donors (Lipinski definition) is 0. The third-order valence-electron chi connectivity index (χ3n) is 7.92. The lowest BCUT2D eigenvalue weighted by Gasteiger charge is -2.37. The average Bonchev–Trinajstić information content (AvgIpc) is 3.38. The van der Waals surface area contributed by atoms with Gasteiger partial charge in [0.2, 0.25) is 15.9 Å². The molecule has 2 aliphatic rings. The Morgan fingerprint density at radius 2 is 1.69 bits per heavy atom. The lowest BCUT2D eigenvalue weighted by atomic mass is 9.87. The van der Waals surface area contributed by atoms with E-state index in [2.05, 4.69) is 10.2 Å². The number of carbonyl (C=O) groups is 1. The van der Waals surface area contributed by atoms with Crippen molar-refractivity contribution in [2.45, 2.75) is 24.8 Å². The lowest BCUT2D eigenvalue weighted by Crippen LogP contribution is -2.47. The molecule has 0 aliphatic carbocycles. The molecule has 2 aliphatic heterocycles. The predicted molar refractivity (Wildman–Crippen MR) is 148 cm³/mol. The van der Waals surface area contributed by atoms with Gasteiger partial charge in [-0.25, -0.2) is 21.6 Å². The molecule has 9 nitrogen and oxygen atoms in total. The fourth-order valence-electron chi connectivity index (χ4n) is 5.89. The number of sulfonamides is 1. The Balaban J connectivity index is 1.41. The normalized spacial score (nSPS) is 21.9. The molecule has 3 aromatic rings. The van der Waals surface area contributed by atoms with Gasteiger partial charge in [0, 0.05) is 50.7 Å². The summed E-state index contributed by atoms with van der Waals surface area (Å²) < 4.78 is 69.3. The predicted octanol–water partition coefficient (Wildman–Crippen LogP) is 3.61. The van der Waals surface area contributed by atoms with Crippen molar-refractivity contribution in [2.75, 3.05) is 43.9 Å². The molecule has 0 bridgehead atoms. The summed E-state index contributed by atoms with van der Waals surface area (Å²) in [5.74, 6) is -3.15. The van der Waals surface area contributed by atoms with E-state index >= 15 is 0 Å². The molecule has 13 heteroatoms. The van der Waals surface area contributed by atoms with E-state index in [0.717, 1.165) is 18.4 Å². The maximum Gasteiger partial charge on any atom is 0.228 e. The van der Waals surface area contributed by atoms with E-state index in [-0.39, 0.29) is 43.3 Å². The molecule has 2 aromatic carbocycles. The third kappa shape index (κ3) is 6.24. The Morgan fingerprint density at radius 3 is 2.33 bits per heavy atom. The van der Waals surface area contributed by atoms with Crippen molar-refractivity contribution in [2.24, 2.45) is 5.92 Å². The zero-order valence-electron chi connectivity index (χ0n) is 22.8. The number of carbonyl (C=O) groups excluding carboxylic acids is 1. The van der Waals surface area contributed by atoms with Gasteiger partial charge in [0.05, 0.1) is 12.2 Å². The van der Waals surface area contributed by atoms with Gasteiger partial charge in [-0.3, -0.25) is 4.79 Å². The highest BCUT2D eigenvalue weighted by molar-refractivity contribution is 7.88. The van der Waals surface area contributed by atoms with E-state index in [1.807, 2.05) is 6.07 Å². The van der Waals surface area contributed by atoms with Crippen LogP contribution in [0.3, 0.4) is 0 Å². The first kappa shape index (κ1) is 29.5. The molecule has 2 saturated heterocycles. The van der Waals surface area contributed by atoms with Crippen LogP contribution >= 0.6 is 0 Å². The van der Waals surface area contributed by atoms with Crippen LogP contribution in [0.25, 0.3) is 0 Å². The van der Waals surface area contributed by atoms with Gasteiger partial charge < -0.3 is 9.80 Å². The zero-order chi connectivity index (χ0) is 30.0. The molecular formula is C29H29F3N6O3S. The van der Waals surface area contributed by atoms with E-state index < -0.39 is 45.4 Å². The molecule has 3 atom stereocenters. The van der Waals surface area contributed by atoms with E-state index in [9.17, 15) is 26.4 Å². The van der Waals surface area contributed by atoms with Gasteiger partial charge >= 0.3 is 0 Å². The van der Waals surface area contributed by atoms with E-state index in [0.29, 0.717) is 30.8 Å². The van der Waals surface area contributed by atoms with Crippen LogP contribution in [-0.4, -0.2) is 72.7 Å². The smallest absolute Gasteiger partial charge is 0.228 e. The van der Waals surface area contributed by atoms with Crippen LogP contribution in [0.5, 0.6) is 0 Å². The number of nitrogens with zero attached hydrogens (tertiary/aromatic N) is 6. The zero-order valence-corrected chi connectivity index (χ0v) is 23.6. The summed E-state index contributed by atoms with van der Waals surface area (Å²) in [5, 5.41) is 17.0. The Kier molecular flexibility index (Phi) is 8.47. The van der Waals surface area contributed by atoms with Crippen molar-refractivity contribution in [1.82, 2.24) is 19.4 Å². The van der Waals surface area contributed by atoms with Gasteiger partial charge in [0.1, 0.15) is 23.5 Å². The molecule has 1 amide bonds. The molecule has 0 saturated carbocycles. The SMILES string of the molecule is CS(=O)(=O)N1CCN(C(=O)[C@@H]2CN(c3ccc(C#N)nn3)C[C@H]2c2ccc(F)cc2F)CCCC1c1ccc(F)cc1. The maximum atomic E-state index is 15.0. The van der Waals surface area contributed by atoms with Crippen LogP contribution in [-0.2, 0) is 14.8 Å². The highest BCUT2D eigenvalue weighted by atomic mass is 32.2. The number of benzene rings is 2. The number of aromatic nitrogens is 2. The van der Waals surface area contributed by atoms with Crippen molar-refractivity contribution in [3.05, 3.63) is 88.9 Å². The Hall–Kier alpha value is -4.02. The fourth-order valence-corrected chi connectivity index (χ4v) is 6.99. The standard InChI is InChI=1S/C29H29F3N6O3S/c1-42(40,41)38-14-13-36(12-2-3-27(38)19-4-6-20(30)7-5-19)29(39)25-18-37(28-11-9-22(16-33)34-35-28)17-24(25)23-10-8-21(31)15-26(23)32/h4-11,15,24-25,27H,2-3,12-14,17-18H2,1H3/t24-,25+,27?/m0/s1. The van der Waals surface area contributed by atoms with Gasteiger partial charge in [-0.2, -0.15) is 9.57 Å². The summed E-state index contributed by atoms with van der Waals surface area (Å²) in [5.41, 5.74) is 0.991. The molecule has 2 fully saturated rings. The van der Waals surface area contributed by atoms with Gasteiger partial charge in [-0.1, -0.05) is 18.2 Å². The molecular weight excluding hydrogens is 569 g/mol. The van der Waals surface area contributed by atoms with E-state index in [1.54, 1.807) is 28.0 Å². The first-order valence-corrected chi connectivity index (χ1v) is 15.3. The topological polar surface area (TPSA) is 110 Å². The largest absolute Gasteiger partial charge is 0.354 e. The Labute approximate surface area is 242 Å². The second kappa shape index (κ2) is 12.1. The third-order valence-corrected chi connectivity index (χ3v) is 9.21. The molecule has 220 valence electrons. The summed E-state index contributed by atoms with van der Waals surface area (Å²) in [4.78, 5) is 17.4. The lowest BCUT2D eigenvalue weighted by molar-refractivity contribution is -0.135. The van der Waals surface area contributed by atoms with Gasteiger partial charge in [-0.15, -0.1) is 10.2 Å². The number of rotatable bonds is 5. The monoisotopic (exact) mass is 598 g/mol. The average molecular weight is 599 g/mol. The second-order valence-corrected chi connectivity index (χ2v) is 12.5. The fraction of sp³-hybridized carbons (Fsp3) is 0.379. The van der Waals surface area contributed by atoms with Crippen molar-refractivity contribution >= 4 is 21.7 Å². The number of halogens is 3. The summed E-state index contributed by atoms with van der Waals surface area (Å²) in [6, 6.07) is 13.5. The van der Waals surface area contributed by atoms with Crippen LogP contribution in [0.15, 0.2) is 54.6 Å². The molecule has 0 N–H and O–H groups in total. The van der Waals surface area contributed by atoms with Crippen molar-refractivity contribution in [1.29, 1.82) is 5.26 Å². The van der Waals surface area contributed by atoms with Crippen molar-refractivity contribution < 1.29 is 26.4 Å². The van der Waals surface area contributed by atoms with Crippen molar-refractivity contribution in [3.8, 4) is 6.07 Å². The molecule has 0 radical (unpaired) electrons. The molecule has 1 aromatic heterocycles. The minimum atomic E-state index is -3.68. The molecule has 5 rings (SSSR count). The molecule has 0 spiro atoms. The number of nitriles is 1.